The Balaban J connectivity index is 1.56. The largest absolute Gasteiger partial charge is 0.379 e. The van der Waals surface area contributed by atoms with Crippen LogP contribution in [0.5, 0.6) is 0 Å². The monoisotopic (exact) mass is 300 g/mol. The number of fused-ring (bicyclic) bond motifs is 3. The van der Waals surface area contributed by atoms with Gasteiger partial charge in [-0.15, -0.1) is 0 Å². The summed E-state index contributed by atoms with van der Waals surface area (Å²) in [6.07, 6.45) is 1.17. The first kappa shape index (κ1) is 14.2. The summed E-state index contributed by atoms with van der Waals surface area (Å²) in [5.41, 5.74) is 2.39. The normalized spacial score (nSPS) is 23.8. The summed E-state index contributed by atoms with van der Waals surface area (Å²) in [5, 5.41) is 0. The van der Waals surface area contributed by atoms with Gasteiger partial charge in [0, 0.05) is 25.6 Å². The van der Waals surface area contributed by atoms with Gasteiger partial charge >= 0.3 is 0 Å². The smallest absolute Gasteiger partial charge is 0.115 e. The van der Waals surface area contributed by atoms with E-state index in [1.54, 1.807) is 0 Å². The lowest BCUT2D eigenvalue weighted by Crippen LogP contribution is -2.39. The molecule has 2 aliphatic heterocycles. The molecule has 1 unspecified atom stereocenters. The molecule has 0 N–H and O–H groups in total. The second-order valence-electron chi connectivity index (χ2n) is 6.51. The van der Waals surface area contributed by atoms with Gasteiger partial charge in [0.05, 0.1) is 30.9 Å². The number of rotatable bonds is 3. The molecule has 0 bridgehead atoms. The van der Waals surface area contributed by atoms with Crippen LogP contribution in [0, 0.1) is 0 Å². The highest BCUT2D eigenvalue weighted by Crippen LogP contribution is 2.29. The second-order valence-corrected chi connectivity index (χ2v) is 6.51. The van der Waals surface area contributed by atoms with Gasteiger partial charge in [0.2, 0.25) is 0 Å². The number of nitrogens with zero attached hydrogens (tertiary/aromatic N) is 4. The van der Waals surface area contributed by atoms with Gasteiger partial charge < -0.3 is 9.30 Å². The molecule has 0 aliphatic carbocycles. The summed E-state index contributed by atoms with van der Waals surface area (Å²) in [6.45, 7) is 7.09. The highest BCUT2D eigenvalue weighted by molar-refractivity contribution is 5.76. The lowest BCUT2D eigenvalue weighted by molar-refractivity contribution is 0.0353. The minimum absolute atomic E-state index is 0.522. The molecule has 0 radical (unpaired) electrons. The molecule has 0 spiro atoms. The Morgan fingerprint density at radius 2 is 2.05 bits per heavy atom. The van der Waals surface area contributed by atoms with Crippen LogP contribution in [0.2, 0.25) is 0 Å². The van der Waals surface area contributed by atoms with Gasteiger partial charge in [-0.05, 0) is 32.1 Å². The van der Waals surface area contributed by atoms with Crippen molar-refractivity contribution in [1.29, 1.82) is 0 Å². The Morgan fingerprint density at radius 1 is 1.23 bits per heavy atom. The van der Waals surface area contributed by atoms with E-state index in [-0.39, 0.29) is 0 Å². The van der Waals surface area contributed by atoms with Crippen LogP contribution in [0.4, 0.5) is 0 Å². The van der Waals surface area contributed by atoms with Gasteiger partial charge in [-0.2, -0.15) is 0 Å². The molecule has 3 heterocycles. The van der Waals surface area contributed by atoms with Gasteiger partial charge in [-0.25, -0.2) is 4.98 Å². The first-order valence-corrected chi connectivity index (χ1v) is 8.25. The minimum Gasteiger partial charge on any atom is -0.379 e. The zero-order valence-corrected chi connectivity index (χ0v) is 13.2. The number of aromatic nitrogens is 2. The molecule has 1 aromatic heterocycles. The molecule has 0 amide bonds. The van der Waals surface area contributed by atoms with Crippen molar-refractivity contribution in [2.24, 2.45) is 0 Å². The van der Waals surface area contributed by atoms with E-state index >= 15 is 0 Å². The minimum atomic E-state index is 0.522. The molecule has 4 rings (SSSR count). The molecule has 2 aliphatic rings. The van der Waals surface area contributed by atoms with Crippen molar-refractivity contribution in [2.45, 2.75) is 19.0 Å². The molecule has 118 valence electrons. The Kier molecular flexibility index (Phi) is 3.86. The number of hydrogen-bond donors (Lipinski definition) is 0. The van der Waals surface area contributed by atoms with E-state index in [1.807, 2.05) is 0 Å². The van der Waals surface area contributed by atoms with E-state index in [2.05, 4.69) is 45.7 Å². The molecule has 5 heteroatoms. The number of morpholine rings is 1. The van der Waals surface area contributed by atoms with Gasteiger partial charge in [-0.1, -0.05) is 12.1 Å². The number of likely N-dealkylation sites (N-methyl/N-ethyl adjacent to an activating group) is 1. The Morgan fingerprint density at radius 3 is 2.91 bits per heavy atom. The fourth-order valence-electron chi connectivity index (χ4n) is 3.70. The van der Waals surface area contributed by atoms with Crippen molar-refractivity contribution in [3.8, 4) is 0 Å². The van der Waals surface area contributed by atoms with E-state index in [0.29, 0.717) is 5.92 Å². The predicted octanol–water partition coefficient (Wildman–Crippen LogP) is 1.75. The molecule has 0 saturated carbocycles. The SMILES string of the molecule is CN1CC(CCN2CCOCC2)c2nc3ccccc3n2C1. The van der Waals surface area contributed by atoms with Crippen LogP contribution in [-0.4, -0.2) is 65.8 Å². The molecule has 1 fully saturated rings. The van der Waals surface area contributed by atoms with Gasteiger partial charge in [0.15, 0.2) is 0 Å². The molecule has 2 aromatic rings. The lowest BCUT2D eigenvalue weighted by Gasteiger charge is -2.33. The molecule has 1 saturated heterocycles. The third kappa shape index (κ3) is 2.64. The van der Waals surface area contributed by atoms with Gasteiger partial charge in [0.1, 0.15) is 5.82 Å². The summed E-state index contributed by atoms with van der Waals surface area (Å²) in [6, 6.07) is 8.49. The third-order valence-corrected chi connectivity index (χ3v) is 4.86. The van der Waals surface area contributed by atoms with Crippen LogP contribution >= 0.6 is 0 Å². The van der Waals surface area contributed by atoms with Crippen molar-refractivity contribution in [3.05, 3.63) is 30.1 Å². The van der Waals surface area contributed by atoms with Crippen molar-refractivity contribution in [1.82, 2.24) is 19.4 Å². The standard InChI is InChI=1S/C17H24N4O/c1-19-12-14(6-7-20-8-10-22-11-9-20)17-18-15-4-2-3-5-16(15)21(17)13-19/h2-5,14H,6-13H2,1H3. The molecule has 1 aromatic carbocycles. The molecule has 1 atom stereocenters. The summed E-state index contributed by atoms with van der Waals surface area (Å²) in [4.78, 5) is 9.85. The van der Waals surface area contributed by atoms with Gasteiger partial charge in [0.25, 0.3) is 0 Å². The van der Waals surface area contributed by atoms with Crippen molar-refractivity contribution in [2.75, 3.05) is 46.4 Å². The average molecular weight is 300 g/mol. The lowest BCUT2D eigenvalue weighted by atomic mass is 10.0. The summed E-state index contributed by atoms with van der Waals surface area (Å²) >= 11 is 0. The fourth-order valence-corrected chi connectivity index (χ4v) is 3.70. The maximum atomic E-state index is 5.44. The summed E-state index contributed by atoms with van der Waals surface area (Å²) < 4.78 is 7.83. The quantitative estimate of drug-likeness (QED) is 0.865. The molecule has 22 heavy (non-hydrogen) atoms. The fraction of sp³-hybridized carbons (Fsp3) is 0.588. The van der Waals surface area contributed by atoms with Crippen molar-refractivity contribution >= 4 is 11.0 Å². The highest BCUT2D eigenvalue weighted by Gasteiger charge is 2.27. The maximum absolute atomic E-state index is 5.44. The van der Waals surface area contributed by atoms with Crippen LogP contribution in [0.25, 0.3) is 11.0 Å². The van der Waals surface area contributed by atoms with Crippen LogP contribution in [0.1, 0.15) is 18.2 Å². The Bertz CT molecular complexity index is 647. The third-order valence-electron chi connectivity index (χ3n) is 4.86. The van der Waals surface area contributed by atoms with E-state index in [4.69, 9.17) is 9.72 Å². The van der Waals surface area contributed by atoms with E-state index in [0.717, 1.165) is 51.6 Å². The average Bonchev–Trinajstić information content (AvgIpc) is 2.92. The maximum Gasteiger partial charge on any atom is 0.115 e. The van der Waals surface area contributed by atoms with E-state index in [9.17, 15) is 0 Å². The second kappa shape index (κ2) is 5.99. The number of hydrogen-bond acceptors (Lipinski definition) is 4. The number of ether oxygens (including phenoxy) is 1. The summed E-state index contributed by atoms with van der Waals surface area (Å²) in [5.74, 6) is 1.79. The zero-order chi connectivity index (χ0) is 14.9. The van der Waals surface area contributed by atoms with Crippen molar-refractivity contribution < 1.29 is 4.74 Å². The number of benzene rings is 1. The number of imidazole rings is 1. The first-order valence-electron chi connectivity index (χ1n) is 8.25. The van der Waals surface area contributed by atoms with Crippen LogP contribution in [0.15, 0.2) is 24.3 Å². The first-order chi connectivity index (χ1) is 10.8. The molecular weight excluding hydrogens is 276 g/mol. The Hall–Kier alpha value is -1.43. The highest BCUT2D eigenvalue weighted by atomic mass is 16.5. The molecular formula is C17H24N4O. The van der Waals surface area contributed by atoms with Crippen molar-refractivity contribution in [3.63, 3.8) is 0 Å². The van der Waals surface area contributed by atoms with E-state index in [1.165, 1.54) is 17.8 Å². The van der Waals surface area contributed by atoms with Crippen LogP contribution in [-0.2, 0) is 11.4 Å². The topological polar surface area (TPSA) is 33.5 Å². The Labute approximate surface area is 131 Å². The van der Waals surface area contributed by atoms with Gasteiger partial charge in [-0.3, -0.25) is 9.80 Å². The zero-order valence-electron chi connectivity index (χ0n) is 13.2. The van der Waals surface area contributed by atoms with E-state index < -0.39 is 0 Å². The number of para-hydroxylation sites is 2. The van der Waals surface area contributed by atoms with Crippen LogP contribution < -0.4 is 0 Å². The predicted molar refractivity (Wildman–Crippen MR) is 87.0 cm³/mol. The molecule has 5 nitrogen and oxygen atoms in total. The summed E-state index contributed by atoms with van der Waals surface area (Å²) in [7, 11) is 2.21. The van der Waals surface area contributed by atoms with Crippen LogP contribution in [0.3, 0.4) is 0 Å².